The molecule has 0 aliphatic carbocycles. The second-order valence-electron chi connectivity index (χ2n) is 6.74. The van der Waals surface area contributed by atoms with Crippen LogP contribution in [0.3, 0.4) is 0 Å². The lowest BCUT2D eigenvalue weighted by Gasteiger charge is -2.27. The van der Waals surface area contributed by atoms with Crippen LogP contribution in [-0.4, -0.2) is 46.3 Å². The van der Waals surface area contributed by atoms with Gasteiger partial charge in [-0.25, -0.2) is 0 Å². The first-order valence-electron chi connectivity index (χ1n) is 9.40. The van der Waals surface area contributed by atoms with E-state index in [1.165, 1.54) is 42.3 Å². The van der Waals surface area contributed by atoms with Gasteiger partial charge in [-0.05, 0) is 73.4 Å². The zero-order valence-electron chi connectivity index (χ0n) is 14.8. The monoisotopic (exact) mass is 372 g/mol. The Morgan fingerprint density at radius 3 is 2.62 bits per heavy atom. The van der Waals surface area contributed by atoms with E-state index < -0.39 is 5.97 Å². The molecule has 2 aliphatic rings. The normalized spacial score (nSPS) is 28.9. The van der Waals surface area contributed by atoms with Crippen molar-refractivity contribution in [1.29, 1.82) is 0 Å². The predicted molar refractivity (Wildman–Crippen MR) is 105 cm³/mol. The van der Waals surface area contributed by atoms with Crippen LogP contribution < -0.4 is 0 Å². The van der Waals surface area contributed by atoms with Crippen LogP contribution in [0.25, 0.3) is 0 Å². The number of unbranched alkanes of at least 4 members (excludes halogenated alkanes) is 1. The van der Waals surface area contributed by atoms with Gasteiger partial charge in [0.1, 0.15) is 0 Å². The van der Waals surface area contributed by atoms with Crippen LogP contribution in [0.15, 0.2) is 12.2 Å². The second kappa shape index (κ2) is 11.5. The molecule has 0 unspecified atom stereocenters. The Kier molecular flexibility index (Phi) is 9.65. The van der Waals surface area contributed by atoms with Crippen molar-refractivity contribution in [2.75, 3.05) is 23.0 Å². The number of carboxylic acid groups (broad SMARTS) is 1. The minimum atomic E-state index is -0.695. The minimum Gasteiger partial charge on any atom is -0.481 e. The first kappa shape index (κ1) is 20.2. The Hall–Kier alpha value is -0.130. The van der Waals surface area contributed by atoms with Gasteiger partial charge in [-0.15, -0.1) is 0 Å². The van der Waals surface area contributed by atoms with Crippen LogP contribution in [-0.2, 0) is 9.53 Å². The Morgan fingerprint density at radius 1 is 1.12 bits per heavy atom. The van der Waals surface area contributed by atoms with Gasteiger partial charge in [0.15, 0.2) is 0 Å². The molecular formula is C19H32O3S2. The lowest BCUT2D eigenvalue weighted by Crippen LogP contribution is -2.28. The van der Waals surface area contributed by atoms with E-state index in [4.69, 9.17) is 9.84 Å². The van der Waals surface area contributed by atoms with Gasteiger partial charge in [-0.1, -0.05) is 19.1 Å². The van der Waals surface area contributed by atoms with Crippen LogP contribution in [0.4, 0.5) is 0 Å². The van der Waals surface area contributed by atoms with Crippen LogP contribution in [0.5, 0.6) is 0 Å². The van der Waals surface area contributed by atoms with Crippen molar-refractivity contribution in [2.24, 2.45) is 11.8 Å². The molecule has 1 N–H and O–H groups in total. The SMILES string of the molecule is CCSCCCSC[C@H]1[C@@H](CC=CCCCC(=O)O)[C@H]2CC[C@@H]1O2. The van der Waals surface area contributed by atoms with Crippen LogP contribution in [0.2, 0.25) is 0 Å². The molecule has 4 atom stereocenters. The highest BCUT2D eigenvalue weighted by atomic mass is 32.2. The van der Waals surface area contributed by atoms with E-state index >= 15 is 0 Å². The molecule has 0 aromatic carbocycles. The number of rotatable bonds is 13. The number of carboxylic acids is 1. The van der Waals surface area contributed by atoms with E-state index in [0.29, 0.717) is 18.1 Å². The summed E-state index contributed by atoms with van der Waals surface area (Å²) in [6.45, 7) is 2.23. The molecule has 3 nitrogen and oxygen atoms in total. The highest BCUT2D eigenvalue weighted by molar-refractivity contribution is 8.00. The van der Waals surface area contributed by atoms with Gasteiger partial charge < -0.3 is 9.84 Å². The number of allylic oxidation sites excluding steroid dienone is 2. The molecule has 2 bridgehead atoms. The third-order valence-electron chi connectivity index (χ3n) is 5.02. The molecule has 0 aromatic heterocycles. The number of hydrogen-bond donors (Lipinski definition) is 1. The third-order valence-corrected chi connectivity index (χ3v) is 7.20. The Bertz CT molecular complexity index is 400. The fraction of sp³-hybridized carbons (Fsp3) is 0.842. The largest absolute Gasteiger partial charge is 0.481 e. The van der Waals surface area contributed by atoms with Gasteiger partial charge in [-0.2, -0.15) is 23.5 Å². The standard InChI is InChI=1S/C19H32O3S2/c1-2-23-12-7-13-24-14-16-15(17-10-11-18(16)22-17)8-5-3-4-6-9-19(20)21/h3,5,15-18H,2,4,6-14H2,1H3,(H,20,21)/t15-,16+,17-,18+/m1/s1. The number of aliphatic carboxylic acids is 1. The number of ether oxygens (including phenoxy) is 1. The summed E-state index contributed by atoms with van der Waals surface area (Å²) in [4.78, 5) is 10.5. The zero-order valence-corrected chi connectivity index (χ0v) is 16.5. The second-order valence-corrected chi connectivity index (χ2v) is 9.28. The quantitative estimate of drug-likeness (QED) is 0.370. The van der Waals surface area contributed by atoms with Gasteiger partial charge in [0.2, 0.25) is 0 Å². The molecule has 0 aromatic rings. The summed E-state index contributed by atoms with van der Waals surface area (Å²) in [5.74, 6) is 5.74. The molecule has 0 radical (unpaired) electrons. The minimum absolute atomic E-state index is 0.275. The van der Waals surface area contributed by atoms with Crippen LogP contribution >= 0.6 is 23.5 Å². The first-order chi connectivity index (χ1) is 11.7. The molecule has 2 rings (SSSR count). The van der Waals surface area contributed by atoms with Gasteiger partial charge in [0, 0.05) is 6.42 Å². The molecular weight excluding hydrogens is 340 g/mol. The molecule has 24 heavy (non-hydrogen) atoms. The fourth-order valence-corrected chi connectivity index (χ4v) is 5.87. The summed E-state index contributed by atoms with van der Waals surface area (Å²) in [5.41, 5.74) is 0. The van der Waals surface area contributed by atoms with Crippen molar-refractivity contribution in [3.05, 3.63) is 12.2 Å². The number of fused-ring (bicyclic) bond motifs is 2. The number of hydrogen-bond acceptors (Lipinski definition) is 4. The van der Waals surface area contributed by atoms with E-state index in [1.54, 1.807) is 0 Å². The summed E-state index contributed by atoms with van der Waals surface area (Å²) in [6, 6.07) is 0. The van der Waals surface area contributed by atoms with Gasteiger partial charge >= 0.3 is 5.97 Å². The molecule has 0 saturated carbocycles. The Morgan fingerprint density at radius 2 is 1.88 bits per heavy atom. The van der Waals surface area contributed by atoms with Crippen LogP contribution in [0, 0.1) is 11.8 Å². The highest BCUT2D eigenvalue weighted by Crippen LogP contribution is 2.46. The number of carbonyl (C=O) groups is 1. The molecule has 2 heterocycles. The summed E-state index contributed by atoms with van der Waals surface area (Å²) < 4.78 is 6.17. The molecule has 2 saturated heterocycles. The lowest BCUT2D eigenvalue weighted by molar-refractivity contribution is -0.137. The van der Waals surface area contributed by atoms with Crippen molar-refractivity contribution >= 4 is 29.5 Å². The van der Waals surface area contributed by atoms with E-state index in [0.717, 1.165) is 25.2 Å². The van der Waals surface area contributed by atoms with Crippen molar-refractivity contribution in [3.8, 4) is 0 Å². The lowest BCUT2D eigenvalue weighted by atomic mass is 9.78. The smallest absolute Gasteiger partial charge is 0.303 e. The van der Waals surface area contributed by atoms with Crippen molar-refractivity contribution in [1.82, 2.24) is 0 Å². The summed E-state index contributed by atoms with van der Waals surface area (Å²) >= 11 is 4.15. The van der Waals surface area contributed by atoms with Crippen molar-refractivity contribution < 1.29 is 14.6 Å². The predicted octanol–water partition coefficient (Wildman–Crippen LogP) is 4.86. The molecule has 5 heteroatoms. The maximum atomic E-state index is 10.5. The topological polar surface area (TPSA) is 46.5 Å². The Balaban J connectivity index is 1.65. The zero-order chi connectivity index (χ0) is 17.2. The van der Waals surface area contributed by atoms with Gasteiger partial charge in [0.25, 0.3) is 0 Å². The molecule has 138 valence electrons. The first-order valence-corrected chi connectivity index (χ1v) is 11.7. The van der Waals surface area contributed by atoms with Crippen LogP contribution in [0.1, 0.15) is 51.9 Å². The number of thioether (sulfide) groups is 2. The maximum absolute atomic E-state index is 10.5. The molecule has 2 fully saturated rings. The summed E-state index contributed by atoms with van der Waals surface area (Å²) in [5, 5.41) is 8.66. The van der Waals surface area contributed by atoms with Gasteiger partial charge in [-0.3, -0.25) is 4.79 Å². The van der Waals surface area contributed by atoms with Crippen molar-refractivity contribution in [2.45, 2.75) is 64.1 Å². The van der Waals surface area contributed by atoms with E-state index in [2.05, 4.69) is 30.8 Å². The van der Waals surface area contributed by atoms with E-state index in [-0.39, 0.29) is 6.42 Å². The van der Waals surface area contributed by atoms with E-state index in [9.17, 15) is 4.79 Å². The molecule has 2 aliphatic heterocycles. The maximum Gasteiger partial charge on any atom is 0.303 e. The summed E-state index contributed by atoms with van der Waals surface area (Å²) in [7, 11) is 0. The average Bonchev–Trinajstić information content (AvgIpc) is 3.15. The Labute approximate surface area is 155 Å². The third kappa shape index (κ3) is 6.64. The van der Waals surface area contributed by atoms with Gasteiger partial charge in [0.05, 0.1) is 12.2 Å². The van der Waals surface area contributed by atoms with Crippen molar-refractivity contribution in [3.63, 3.8) is 0 Å². The fourth-order valence-electron chi connectivity index (χ4n) is 3.80. The molecule has 0 spiro atoms. The van der Waals surface area contributed by atoms with E-state index in [1.807, 2.05) is 11.8 Å². The summed E-state index contributed by atoms with van der Waals surface area (Å²) in [6.07, 6.45) is 12.2. The highest BCUT2D eigenvalue weighted by Gasteiger charge is 2.47. The molecule has 0 amide bonds. The average molecular weight is 373 g/mol.